The number of hydrogen-bond donors (Lipinski definition) is 3. The van der Waals surface area contributed by atoms with Crippen LogP contribution in [0, 0.1) is 12.8 Å². The molecule has 0 radical (unpaired) electrons. The highest BCUT2D eigenvalue weighted by Crippen LogP contribution is 2.21. The van der Waals surface area contributed by atoms with Crippen molar-refractivity contribution in [3.8, 4) is 0 Å². The number of aliphatic hydroxyl groups is 1. The highest BCUT2D eigenvalue weighted by atomic mass is 35.5. The third-order valence-corrected chi connectivity index (χ3v) is 3.35. The zero-order valence-electron chi connectivity index (χ0n) is 11.0. The molecule has 1 aromatic rings. The summed E-state index contributed by atoms with van der Waals surface area (Å²) in [6, 6.07) is 1.97. The predicted octanol–water partition coefficient (Wildman–Crippen LogP) is -0.149. The van der Waals surface area contributed by atoms with E-state index < -0.39 is 6.10 Å². The zero-order chi connectivity index (χ0) is 13.1. The van der Waals surface area contributed by atoms with Crippen LogP contribution in [0.2, 0.25) is 0 Å². The predicted molar refractivity (Wildman–Crippen MR) is 74.0 cm³/mol. The molecule has 1 aliphatic rings. The van der Waals surface area contributed by atoms with Crippen LogP contribution in [0.4, 0.5) is 0 Å². The topological polar surface area (TPSA) is 95.2 Å². The molecule has 1 saturated heterocycles. The number of halogens is 1. The molecule has 0 spiro atoms. The quantitative estimate of drug-likeness (QED) is 0.718. The van der Waals surface area contributed by atoms with Crippen LogP contribution < -0.4 is 5.73 Å². The molecule has 1 aliphatic heterocycles. The second kappa shape index (κ2) is 6.88. The maximum atomic E-state index is 11.7. The maximum absolute atomic E-state index is 11.7. The van der Waals surface area contributed by atoms with Crippen molar-refractivity contribution in [3.63, 3.8) is 0 Å². The normalized spacial score (nSPS) is 22.4. The van der Waals surface area contributed by atoms with Gasteiger partial charge in [0.1, 0.15) is 0 Å². The first-order chi connectivity index (χ1) is 8.60. The Morgan fingerprint density at radius 3 is 2.95 bits per heavy atom. The third-order valence-electron chi connectivity index (χ3n) is 3.35. The van der Waals surface area contributed by atoms with Gasteiger partial charge in [0.25, 0.3) is 0 Å². The van der Waals surface area contributed by atoms with Gasteiger partial charge >= 0.3 is 0 Å². The lowest BCUT2D eigenvalue weighted by atomic mass is 10.0. The first-order valence-electron chi connectivity index (χ1n) is 6.27. The Kier molecular flexibility index (Phi) is 5.78. The number of carbonyl (C=O) groups excluding carboxylic acids is 1. The van der Waals surface area contributed by atoms with Gasteiger partial charge in [-0.15, -0.1) is 12.4 Å². The number of H-pyrrole nitrogens is 1. The number of aromatic nitrogens is 2. The van der Waals surface area contributed by atoms with Gasteiger partial charge in [-0.1, -0.05) is 0 Å². The molecule has 1 fully saturated rings. The fraction of sp³-hybridized carbons (Fsp3) is 0.667. The molecule has 0 bridgehead atoms. The summed E-state index contributed by atoms with van der Waals surface area (Å²) in [5.74, 6) is 0.0895. The number of hydrogen-bond acceptors (Lipinski definition) is 4. The number of nitrogens with one attached hydrogen (secondary N) is 1. The number of nitrogens with zero attached hydrogens (tertiary/aromatic N) is 2. The van der Waals surface area contributed by atoms with E-state index in [1.54, 1.807) is 4.90 Å². The van der Waals surface area contributed by atoms with Gasteiger partial charge in [0.15, 0.2) is 0 Å². The smallest absolute Gasteiger partial charge is 0.223 e. The van der Waals surface area contributed by atoms with Crippen LogP contribution in [0.15, 0.2) is 6.07 Å². The SMILES string of the molecule is Cc1cc(C[C@@H]2CN(C(=O)CCN)C[C@H]2O)n[nH]1.Cl. The van der Waals surface area contributed by atoms with Crippen LogP contribution in [0.3, 0.4) is 0 Å². The minimum Gasteiger partial charge on any atom is -0.391 e. The summed E-state index contributed by atoms with van der Waals surface area (Å²) >= 11 is 0. The number of carbonyl (C=O) groups is 1. The number of aromatic amines is 1. The summed E-state index contributed by atoms with van der Waals surface area (Å²) in [5, 5.41) is 17.0. The van der Waals surface area contributed by atoms with Crippen LogP contribution in [0.1, 0.15) is 17.8 Å². The first-order valence-corrected chi connectivity index (χ1v) is 6.27. The Morgan fingerprint density at radius 1 is 1.63 bits per heavy atom. The van der Waals surface area contributed by atoms with Gasteiger partial charge < -0.3 is 15.7 Å². The highest BCUT2D eigenvalue weighted by Gasteiger charge is 2.33. The van der Waals surface area contributed by atoms with E-state index in [4.69, 9.17) is 5.73 Å². The molecule has 2 rings (SSSR count). The van der Waals surface area contributed by atoms with Crippen LogP contribution >= 0.6 is 12.4 Å². The molecule has 2 heterocycles. The van der Waals surface area contributed by atoms with Gasteiger partial charge in [0, 0.05) is 37.7 Å². The van der Waals surface area contributed by atoms with Gasteiger partial charge in [-0.25, -0.2) is 0 Å². The number of nitrogens with two attached hydrogens (primary N) is 1. The van der Waals surface area contributed by atoms with Crippen LogP contribution in [0.5, 0.6) is 0 Å². The van der Waals surface area contributed by atoms with E-state index >= 15 is 0 Å². The fourth-order valence-corrected chi connectivity index (χ4v) is 2.39. The van der Waals surface area contributed by atoms with Crippen molar-refractivity contribution in [2.45, 2.75) is 25.9 Å². The number of amides is 1. The summed E-state index contributed by atoms with van der Waals surface area (Å²) in [7, 11) is 0. The van der Waals surface area contributed by atoms with Crippen molar-refractivity contribution in [1.29, 1.82) is 0 Å². The van der Waals surface area contributed by atoms with Crippen LogP contribution in [-0.2, 0) is 11.2 Å². The standard InChI is InChI=1S/C12H20N4O2.ClH/c1-8-4-10(15-14-8)5-9-6-16(7-11(9)17)12(18)2-3-13;/h4,9,11,17H,2-3,5-7,13H2,1H3,(H,14,15);1H/t9-,11-;/m1./s1. The molecule has 2 atom stereocenters. The Morgan fingerprint density at radius 2 is 2.37 bits per heavy atom. The number of β-amino-alcohol motifs (C(OH)–C–C–N with tert-alkyl or cyclic N) is 1. The summed E-state index contributed by atoms with van der Waals surface area (Å²) in [6.07, 6.45) is 0.572. The second-order valence-electron chi connectivity index (χ2n) is 4.91. The lowest BCUT2D eigenvalue weighted by molar-refractivity contribution is -0.130. The maximum Gasteiger partial charge on any atom is 0.223 e. The van der Waals surface area contributed by atoms with Crippen molar-refractivity contribution in [2.75, 3.05) is 19.6 Å². The molecular weight excluding hydrogens is 268 g/mol. The van der Waals surface area contributed by atoms with E-state index in [0.29, 0.717) is 32.5 Å². The van der Waals surface area contributed by atoms with Crippen molar-refractivity contribution < 1.29 is 9.90 Å². The van der Waals surface area contributed by atoms with Crippen molar-refractivity contribution in [2.24, 2.45) is 11.7 Å². The van der Waals surface area contributed by atoms with Crippen molar-refractivity contribution in [3.05, 3.63) is 17.5 Å². The van der Waals surface area contributed by atoms with Crippen LogP contribution in [0.25, 0.3) is 0 Å². The lowest BCUT2D eigenvalue weighted by Gasteiger charge is -2.15. The monoisotopic (exact) mass is 288 g/mol. The lowest BCUT2D eigenvalue weighted by Crippen LogP contribution is -2.31. The van der Waals surface area contributed by atoms with Crippen LogP contribution in [-0.4, -0.2) is 51.8 Å². The van der Waals surface area contributed by atoms with E-state index in [-0.39, 0.29) is 24.2 Å². The summed E-state index contributed by atoms with van der Waals surface area (Å²) < 4.78 is 0. The van der Waals surface area contributed by atoms with Crippen molar-refractivity contribution in [1.82, 2.24) is 15.1 Å². The van der Waals surface area contributed by atoms with Gasteiger partial charge in [-0.3, -0.25) is 9.89 Å². The average molecular weight is 289 g/mol. The number of likely N-dealkylation sites (tertiary alicyclic amines) is 1. The molecule has 0 unspecified atom stereocenters. The van der Waals surface area contributed by atoms with Gasteiger partial charge in [-0.2, -0.15) is 5.10 Å². The number of aliphatic hydroxyl groups excluding tert-OH is 1. The van der Waals surface area contributed by atoms with Crippen molar-refractivity contribution >= 4 is 18.3 Å². The molecular formula is C12H21ClN4O2. The third kappa shape index (κ3) is 3.92. The highest BCUT2D eigenvalue weighted by molar-refractivity contribution is 5.85. The molecule has 1 aromatic heterocycles. The minimum absolute atomic E-state index is 0. The number of rotatable bonds is 4. The van der Waals surface area contributed by atoms with E-state index in [9.17, 15) is 9.90 Å². The number of aryl methyl sites for hydroxylation is 1. The van der Waals surface area contributed by atoms with E-state index in [1.807, 2.05) is 13.0 Å². The molecule has 0 saturated carbocycles. The largest absolute Gasteiger partial charge is 0.391 e. The minimum atomic E-state index is -0.469. The molecule has 1 amide bonds. The average Bonchev–Trinajstić information content (AvgIpc) is 2.87. The van der Waals surface area contributed by atoms with E-state index in [1.165, 1.54) is 0 Å². The zero-order valence-corrected chi connectivity index (χ0v) is 11.8. The van der Waals surface area contributed by atoms with Gasteiger partial charge in [0.2, 0.25) is 5.91 Å². The molecule has 0 aromatic carbocycles. The second-order valence-corrected chi connectivity index (χ2v) is 4.91. The Bertz CT molecular complexity index is 424. The molecule has 0 aliphatic carbocycles. The molecule has 6 nitrogen and oxygen atoms in total. The summed E-state index contributed by atoms with van der Waals surface area (Å²) in [5.41, 5.74) is 7.31. The molecule has 19 heavy (non-hydrogen) atoms. The Balaban J connectivity index is 0.00000180. The molecule has 108 valence electrons. The molecule has 7 heteroatoms. The van der Waals surface area contributed by atoms with Gasteiger partial charge in [0.05, 0.1) is 11.8 Å². The fourth-order valence-electron chi connectivity index (χ4n) is 2.39. The Labute approximate surface area is 118 Å². The van der Waals surface area contributed by atoms with Gasteiger partial charge in [-0.05, 0) is 19.4 Å². The summed E-state index contributed by atoms with van der Waals surface area (Å²) in [6.45, 7) is 3.30. The summed E-state index contributed by atoms with van der Waals surface area (Å²) in [4.78, 5) is 13.4. The van der Waals surface area contributed by atoms with E-state index in [2.05, 4.69) is 10.2 Å². The molecule has 4 N–H and O–H groups in total. The van der Waals surface area contributed by atoms with E-state index in [0.717, 1.165) is 11.4 Å². The Hall–Kier alpha value is -1.11. The first kappa shape index (κ1) is 15.9.